The molecule has 1 aromatic carbocycles. The molecular weight excluding hydrogens is 200 g/mol. The van der Waals surface area contributed by atoms with E-state index in [9.17, 15) is 0 Å². The number of nitrogens with zero attached hydrogens (tertiary/aromatic N) is 2. The Balaban J connectivity index is 2.49. The second kappa shape index (κ2) is 4.08. The van der Waals surface area contributed by atoms with Gasteiger partial charge in [0, 0.05) is 12.5 Å². The second-order valence-corrected chi connectivity index (χ2v) is 4.42. The number of aryl methyl sites for hydroxylation is 2. The molecule has 0 saturated carbocycles. The maximum atomic E-state index is 5.00. The average molecular weight is 216 g/mol. The highest BCUT2D eigenvalue weighted by Gasteiger charge is 2.08. The first-order valence-electron chi connectivity index (χ1n) is 5.48. The highest BCUT2D eigenvalue weighted by Crippen LogP contribution is 2.23. The molecule has 0 spiro atoms. The van der Waals surface area contributed by atoms with Crippen LogP contribution in [-0.2, 0) is 0 Å². The Morgan fingerprint density at radius 1 is 1.12 bits per heavy atom. The third-order valence-corrected chi connectivity index (χ3v) is 2.55. The van der Waals surface area contributed by atoms with E-state index in [1.165, 1.54) is 11.1 Å². The lowest BCUT2D eigenvalue weighted by molar-refractivity contribution is 0.394. The van der Waals surface area contributed by atoms with E-state index in [1.54, 1.807) is 6.92 Å². The van der Waals surface area contributed by atoms with E-state index in [0.29, 0.717) is 17.6 Å². The van der Waals surface area contributed by atoms with Gasteiger partial charge < -0.3 is 4.52 Å². The molecule has 0 aliphatic carbocycles. The van der Waals surface area contributed by atoms with Crippen LogP contribution in [0, 0.1) is 13.8 Å². The van der Waals surface area contributed by atoms with Crippen molar-refractivity contribution in [3.8, 4) is 11.4 Å². The van der Waals surface area contributed by atoms with Gasteiger partial charge in [-0.15, -0.1) is 0 Å². The molecule has 16 heavy (non-hydrogen) atoms. The van der Waals surface area contributed by atoms with Crippen LogP contribution >= 0.6 is 0 Å². The van der Waals surface area contributed by atoms with Crippen LogP contribution in [0.2, 0.25) is 0 Å². The van der Waals surface area contributed by atoms with Crippen LogP contribution in [0.5, 0.6) is 0 Å². The summed E-state index contributed by atoms with van der Waals surface area (Å²) < 4.78 is 5.00. The van der Waals surface area contributed by atoms with Crippen molar-refractivity contribution in [3.05, 3.63) is 35.2 Å². The Bertz CT molecular complexity index is 500. The predicted octanol–water partition coefficient (Wildman–Crippen LogP) is 3.48. The number of aromatic nitrogens is 2. The highest BCUT2D eigenvalue weighted by molar-refractivity contribution is 5.57. The van der Waals surface area contributed by atoms with Crippen LogP contribution in [0.4, 0.5) is 0 Å². The Morgan fingerprint density at radius 3 is 2.44 bits per heavy atom. The fourth-order valence-corrected chi connectivity index (χ4v) is 1.69. The van der Waals surface area contributed by atoms with E-state index in [-0.39, 0.29) is 0 Å². The zero-order chi connectivity index (χ0) is 11.7. The van der Waals surface area contributed by atoms with Crippen molar-refractivity contribution in [2.45, 2.75) is 33.6 Å². The van der Waals surface area contributed by atoms with Gasteiger partial charge in [-0.3, -0.25) is 0 Å². The number of hydrogen-bond acceptors (Lipinski definition) is 3. The lowest BCUT2D eigenvalue weighted by Gasteiger charge is -2.08. The Hall–Kier alpha value is -1.64. The van der Waals surface area contributed by atoms with Crippen molar-refractivity contribution in [3.63, 3.8) is 0 Å². The van der Waals surface area contributed by atoms with Crippen molar-refractivity contribution in [1.29, 1.82) is 0 Å². The summed E-state index contributed by atoms with van der Waals surface area (Å²) in [5, 5.41) is 3.94. The van der Waals surface area contributed by atoms with Crippen LogP contribution in [0.3, 0.4) is 0 Å². The fourth-order valence-electron chi connectivity index (χ4n) is 1.69. The molecule has 3 heteroatoms. The van der Waals surface area contributed by atoms with Gasteiger partial charge in [0.1, 0.15) is 0 Å². The van der Waals surface area contributed by atoms with Crippen molar-refractivity contribution in [2.75, 3.05) is 0 Å². The average Bonchev–Trinajstić information content (AvgIpc) is 2.64. The molecule has 3 nitrogen and oxygen atoms in total. The Kier molecular flexibility index (Phi) is 2.77. The largest absolute Gasteiger partial charge is 0.339 e. The minimum atomic E-state index is 0.506. The van der Waals surface area contributed by atoms with E-state index in [1.807, 2.05) is 0 Å². The SMILES string of the molecule is Cc1cc(-c2noc(C)n2)cc(C(C)C)c1. The molecule has 0 bridgehead atoms. The second-order valence-electron chi connectivity index (χ2n) is 4.42. The molecular formula is C13H16N2O. The monoisotopic (exact) mass is 216 g/mol. The smallest absolute Gasteiger partial charge is 0.223 e. The van der Waals surface area contributed by atoms with Gasteiger partial charge in [0.15, 0.2) is 0 Å². The molecule has 84 valence electrons. The van der Waals surface area contributed by atoms with Gasteiger partial charge in [0.25, 0.3) is 0 Å². The number of rotatable bonds is 2. The predicted molar refractivity (Wildman–Crippen MR) is 63.3 cm³/mol. The third kappa shape index (κ3) is 2.13. The zero-order valence-corrected chi connectivity index (χ0v) is 10.1. The van der Waals surface area contributed by atoms with Gasteiger partial charge in [-0.25, -0.2) is 0 Å². The molecule has 0 aliphatic rings. The molecule has 2 aromatic rings. The summed E-state index contributed by atoms with van der Waals surface area (Å²) in [6.45, 7) is 8.25. The zero-order valence-electron chi connectivity index (χ0n) is 10.1. The van der Waals surface area contributed by atoms with Gasteiger partial charge in [0.2, 0.25) is 11.7 Å². The van der Waals surface area contributed by atoms with Gasteiger partial charge in [-0.05, 0) is 30.5 Å². The summed E-state index contributed by atoms with van der Waals surface area (Å²) in [5.74, 6) is 1.78. The lowest BCUT2D eigenvalue weighted by Crippen LogP contribution is -1.91. The van der Waals surface area contributed by atoms with Crippen LogP contribution in [0.25, 0.3) is 11.4 Å². The van der Waals surface area contributed by atoms with E-state index in [0.717, 1.165) is 5.56 Å². The Morgan fingerprint density at radius 2 is 1.88 bits per heavy atom. The molecule has 0 saturated heterocycles. The first kappa shape index (κ1) is 10.9. The summed E-state index contributed by atoms with van der Waals surface area (Å²) in [7, 11) is 0. The summed E-state index contributed by atoms with van der Waals surface area (Å²) in [4.78, 5) is 4.24. The number of hydrogen-bond donors (Lipinski definition) is 0. The molecule has 0 amide bonds. The quantitative estimate of drug-likeness (QED) is 0.771. The standard InChI is InChI=1S/C13H16N2O/c1-8(2)11-5-9(3)6-12(7-11)13-14-10(4)16-15-13/h5-8H,1-4H3. The summed E-state index contributed by atoms with van der Waals surface area (Å²) in [6, 6.07) is 6.40. The molecule has 2 rings (SSSR count). The molecule has 1 aromatic heterocycles. The summed E-state index contributed by atoms with van der Waals surface area (Å²) >= 11 is 0. The first-order chi connectivity index (χ1) is 7.56. The first-order valence-corrected chi connectivity index (χ1v) is 5.48. The topological polar surface area (TPSA) is 38.9 Å². The van der Waals surface area contributed by atoms with E-state index in [4.69, 9.17) is 4.52 Å². The normalized spacial score (nSPS) is 11.1. The van der Waals surface area contributed by atoms with Crippen molar-refractivity contribution < 1.29 is 4.52 Å². The molecule has 0 atom stereocenters. The molecule has 1 heterocycles. The molecule has 0 fully saturated rings. The highest BCUT2D eigenvalue weighted by atomic mass is 16.5. The maximum absolute atomic E-state index is 5.00. The van der Waals surface area contributed by atoms with Crippen LogP contribution in [-0.4, -0.2) is 10.1 Å². The van der Waals surface area contributed by atoms with Crippen molar-refractivity contribution in [2.24, 2.45) is 0 Å². The molecule has 0 N–H and O–H groups in total. The van der Waals surface area contributed by atoms with Gasteiger partial charge >= 0.3 is 0 Å². The van der Waals surface area contributed by atoms with Gasteiger partial charge in [-0.1, -0.05) is 30.6 Å². The van der Waals surface area contributed by atoms with Crippen molar-refractivity contribution >= 4 is 0 Å². The summed E-state index contributed by atoms with van der Waals surface area (Å²) in [5.41, 5.74) is 3.56. The Labute approximate surface area is 95.5 Å². The van der Waals surface area contributed by atoms with E-state index < -0.39 is 0 Å². The molecule has 0 unspecified atom stereocenters. The van der Waals surface area contributed by atoms with Crippen LogP contribution < -0.4 is 0 Å². The third-order valence-electron chi connectivity index (χ3n) is 2.55. The van der Waals surface area contributed by atoms with Crippen LogP contribution in [0.1, 0.15) is 36.8 Å². The molecule has 0 radical (unpaired) electrons. The minimum absolute atomic E-state index is 0.506. The molecule has 0 aliphatic heterocycles. The summed E-state index contributed by atoms with van der Waals surface area (Å²) in [6.07, 6.45) is 0. The number of benzene rings is 1. The van der Waals surface area contributed by atoms with Gasteiger partial charge in [0.05, 0.1) is 0 Å². The maximum Gasteiger partial charge on any atom is 0.223 e. The lowest BCUT2D eigenvalue weighted by atomic mass is 9.98. The van der Waals surface area contributed by atoms with E-state index in [2.05, 4.69) is 49.1 Å². The van der Waals surface area contributed by atoms with E-state index >= 15 is 0 Å². The van der Waals surface area contributed by atoms with Crippen LogP contribution in [0.15, 0.2) is 22.7 Å². The van der Waals surface area contributed by atoms with Crippen molar-refractivity contribution in [1.82, 2.24) is 10.1 Å². The minimum Gasteiger partial charge on any atom is -0.339 e. The fraction of sp³-hybridized carbons (Fsp3) is 0.385. The van der Waals surface area contributed by atoms with Gasteiger partial charge in [-0.2, -0.15) is 4.98 Å².